The number of hydrogen-bond donors (Lipinski definition) is 3. The third kappa shape index (κ3) is 3.18. The average molecular weight is 339 g/mol. The van der Waals surface area contributed by atoms with Crippen molar-refractivity contribution in [2.75, 3.05) is 5.32 Å². The highest BCUT2D eigenvalue weighted by molar-refractivity contribution is 6.10. The summed E-state index contributed by atoms with van der Waals surface area (Å²) in [5, 5.41) is 7.23. The summed E-state index contributed by atoms with van der Waals surface area (Å²) in [5.74, 6) is -1.04. The molecule has 0 bridgehead atoms. The Morgan fingerprint density at radius 2 is 1.68 bits per heavy atom. The van der Waals surface area contributed by atoms with Gasteiger partial charge in [0.1, 0.15) is 5.75 Å². The summed E-state index contributed by atoms with van der Waals surface area (Å²) < 4.78 is 5.01. The van der Waals surface area contributed by atoms with Gasteiger partial charge in [-0.1, -0.05) is 18.2 Å². The number of carbonyl (C=O) groups is 2. The topological polar surface area (TPSA) is 121 Å². The Labute approximate surface area is 140 Å². The monoisotopic (exact) mass is 339 g/mol. The largest absolute Gasteiger partial charge is 0.426 e. The number of benzene rings is 2. The molecule has 3 aromatic rings. The van der Waals surface area contributed by atoms with Crippen molar-refractivity contribution in [1.29, 1.82) is 0 Å². The summed E-state index contributed by atoms with van der Waals surface area (Å²) in [6, 6.07) is 10.7. The Kier molecular flexibility index (Phi) is 4.17. The molecule has 0 unspecified atom stereocenters. The minimum atomic E-state index is -0.580. The number of ether oxygens (including phenoxy) is 1. The first-order valence-corrected chi connectivity index (χ1v) is 7.30. The van der Waals surface area contributed by atoms with E-state index in [-0.39, 0.29) is 27.8 Å². The lowest BCUT2D eigenvalue weighted by Crippen LogP contribution is -2.21. The summed E-state index contributed by atoms with van der Waals surface area (Å²) in [6.45, 7) is 1.23. The van der Waals surface area contributed by atoms with Crippen LogP contribution in [0.5, 0.6) is 5.75 Å². The number of hydrogen-bond acceptors (Lipinski definition) is 5. The minimum absolute atomic E-state index is 0.0598. The maximum atomic E-state index is 12.6. The molecule has 2 aromatic carbocycles. The Hall–Kier alpha value is -3.68. The van der Waals surface area contributed by atoms with Crippen molar-refractivity contribution < 1.29 is 14.3 Å². The molecule has 3 N–H and O–H groups in total. The number of H-pyrrole nitrogens is 2. The first kappa shape index (κ1) is 16.2. The van der Waals surface area contributed by atoms with E-state index < -0.39 is 23.0 Å². The standard InChI is InChI=1S/C17H13N3O5/c1-9(21)25-13-8-3-2-5-10(13)15(22)18-12-7-4-6-11-14(12)17(24)20-19-16(11)23/h2-8H,1H3,(H,18,22)(H,19,23)(H,20,24). The number of nitrogens with one attached hydrogen (secondary N) is 3. The van der Waals surface area contributed by atoms with Crippen LogP contribution in [-0.2, 0) is 4.79 Å². The van der Waals surface area contributed by atoms with Gasteiger partial charge in [-0.05, 0) is 24.3 Å². The highest BCUT2D eigenvalue weighted by Gasteiger charge is 2.16. The number of rotatable bonds is 3. The fraction of sp³-hybridized carbons (Fsp3) is 0.0588. The van der Waals surface area contributed by atoms with E-state index in [0.717, 1.165) is 0 Å². The van der Waals surface area contributed by atoms with Crippen LogP contribution >= 0.6 is 0 Å². The van der Waals surface area contributed by atoms with Crippen LogP contribution in [0, 0.1) is 0 Å². The highest BCUT2D eigenvalue weighted by atomic mass is 16.5. The van der Waals surface area contributed by atoms with E-state index in [1.54, 1.807) is 18.2 Å². The lowest BCUT2D eigenvalue weighted by atomic mass is 10.1. The number of aromatic nitrogens is 2. The first-order chi connectivity index (χ1) is 12.0. The fourth-order valence-corrected chi connectivity index (χ4v) is 2.42. The zero-order valence-corrected chi connectivity index (χ0v) is 13.1. The van der Waals surface area contributed by atoms with E-state index in [1.165, 1.54) is 31.2 Å². The van der Waals surface area contributed by atoms with Gasteiger partial charge in [0.15, 0.2) is 0 Å². The molecule has 1 heterocycles. The Balaban J connectivity index is 2.05. The zero-order chi connectivity index (χ0) is 18.0. The fourth-order valence-electron chi connectivity index (χ4n) is 2.42. The number of para-hydroxylation sites is 1. The lowest BCUT2D eigenvalue weighted by molar-refractivity contribution is -0.131. The number of amides is 1. The molecule has 0 aliphatic heterocycles. The van der Waals surface area contributed by atoms with Crippen molar-refractivity contribution in [2.24, 2.45) is 0 Å². The van der Waals surface area contributed by atoms with Gasteiger partial charge < -0.3 is 10.1 Å². The zero-order valence-electron chi connectivity index (χ0n) is 13.1. The van der Waals surface area contributed by atoms with Gasteiger partial charge in [0, 0.05) is 6.92 Å². The van der Waals surface area contributed by atoms with Crippen molar-refractivity contribution in [2.45, 2.75) is 6.92 Å². The van der Waals surface area contributed by atoms with Crippen LogP contribution in [0.4, 0.5) is 5.69 Å². The molecule has 0 fully saturated rings. The van der Waals surface area contributed by atoms with Gasteiger partial charge in [-0.2, -0.15) is 0 Å². The molecule has 0 saturated heterocycles. The van der Waals surface area contributed by atoms with E-state index in [2.05, 4.69) is 15.5 Å². The molecule has 1 amide bonds. The summed E-state index contributed by atoms with van der Waals surface area (Å²) in [7, 11) is 0. The van der Waals surface area contributed by atoms with E-state index in [0.29, 0.717) is 0 Å². The highest BCUT2D eigenvalue weighted by Crippen LogP contribution is 2.22. The Bertz CT molecular complexity index is 1100. The molecule has 0 saturated carbocycles. The van der Waals surface area contributed by atoms with Crippen LogP contribution in [0.15, 0.2) is 52.1 Å². The second-order valence-electron chi connectivity index (χ2n) is 5.18. The summed E-state index contributed by atoms with van der Waals surface area (Å²) in [4.78, 5) is 47.6. The van der Waals surface area contributed by atoms with Crippen molar-refractivity contribution in [3.63, 3.8) is 0 Å². The Morgan fingerprint density at radius 3 is 2.44 bits per heavy atom. The molecule has 0 spiro atoms. The normalized spacial score (nSPS) is 10.4. The van der Waals surface area contributed by atoms with Crippen molar-refractivity contribution in [3.8, 4) is 5.75 Å². The average Bonchev–Trinajstić information content (AvgIpc) is 2.58. The van der Waals surface area contributed by atoms with Crippen LogP contribution in [0.3, 0.4) is 0 Å². The SMILES string of the molecule is CC(=O)Oc1ccccc1C(=O)Nc1cccc2c(=O)[nH][nH]c(=O)c12. The van der Waals surface area contributed by atoms with Gasteiger partial charge in [-0.3, -0.25) is 29.4 Å². The van der Waals surface area contributed by atoms with E-state index in [4.69, 9.17) is 4.74 Å². The van der Waals surface area contributed by atoms with Crippen LogP contribution in [0.25, 0.3) is 10.8 Å². The molecule has 0 radical (unpaired) electrons. The quantitative estimate of drug-likeness (QED) is 0.492. The van der Waals surface area contributed by atoms with Gasteiger partial charge >= 0.3 is 5.97 Å². The first-order valence-electron chi connectivity index (χ1n) is 7.30. The molecule has 1 aromatic heterocycles. The van der Waals surface area contributed by atoms with E-state index in [1.807, 2.05) is 0 Å². The number of fused-ring (bicyclic) bond motifs is 1. The smallest absolute Gasteiger partial charge is 0.308 e. The van der Waals surface area contributed by atoms with E-state index in [9.17, 15) is 19.2 Å². The number of aromatic amines is 2. The van der Waals surface area contributed by atoms with Crippen LogP contribution in [0.1, 0.15) is 17.3 Å². The minimum Gasteiger partial charge on any atom is -0.426 e. The summed E-state index contributed by atoms with van der Waals surface area (Å²) in [6.07, 6.45) is 0. The van der Waals surface area contributed by atoms with Crippen molar-refractivity contribution in [3.05, 3.63) is 68.7 Å². The van der Waals surface area contributed by atoms with Gasteiger partial charge in [-0.25, -0.2) is 0 Å². The van der Waals surface area contributed by atoms with Gasteiger partial charge in [0.2, 0.25) is 0 Å². The molecular weight excluding hydrogens is 326 g/mol. The van der Waals surface area contributed by atoms with Gasteiger partial charge in [0.25, 0.3) is 17.0 Å². The second-order valence-corrected chi connectivity index (χ2v) is 5.18. The second kappa shape index (κ2) is 6.44. The molecule has 8 nitrogen and oxygen atoms in total. The summed E-state index contributed by atoms with van der Waals surface area (Å²) in [5.41, 5.74) is -0.728. The predicted molar refractivity (Wildman–Crippen MR) is 90.9 cm³/mol. The van der Waals surface area contributed by atoms with Crippen LogP contribution in [-0.4, -0.2) is 22.1 Å². The molecule has 0 aliphatic rings. The molecule has 8 heteroatoms. The number of anilines is 1. The number of carbonyl (C=O) groups excluding carboxylic acids is 2. The molecule has 126 valence electrons. The maximum Gasteiger partial charge on any atom is 0.308 e. The molecule has 25 heavy (non-hydrogen) atoms. The maximum absolute atomic E-state index is 12.6. The molecule has 3 rings (SSSR count). The van der Waals surface area contributed by atoms with Crippen LogP contribution in [0.2, 0.25) is 0 Å². The third-order valence-electron chi connectivity index (χ3n) is 3.46. The Morgan fingerprint density at radius 1 is 0.960 bits per heavy atom. The molecule has 0 aliphatic carbocycles. The van der Waals surface area contributed by atoms with E-state index >= 15 is 0 Å². The lowest BCUT2D eigenvalue weighted by Gasteiger charge is -2.10. The third-order valence-corrected chi connectivity index (χ3v) is 3.46. The predicted octanol–water partition coefficient (Wildman–Crippen LogP) is 1.39. The molecule has 0 atom stereocenters. The van der Waals surface area contributed by atoms with Crippen LogP contribution < -0.4 is 21.2 Å². The van der Waals surface area contributed by atoms with Gasteiger partial charge in [0.05, 0.1) is 22.0 Å². The van der Waals surface area contributed by atoms with Gasteiger partial charge in [-0.15, -0.1) is 0 Å². The summed E-state index contributed by atoms with van der Waals surface area (Å²) >= 11 is 0. The van der Waals surface area contributed by atoms with Crippen molar-refractivity contribution >= 4 is 28.3 Å². The number of esters is 1. The molecular formula is C17H13N3O5. The van der Waals surface area contributed by atoms with Crippen molar-refractivity contribution in [1.82, 2.24) is 10.2 Å².